The molecule has 2 N–H and O–H groups in total. The van der Waals surface area contributed by atoms with Gasteiger partial charge >= 0.3 is 0 Å². The van der Waals surface area contributed by atoms with Crippen LogP contribution in [0.1, 0.15) is 12.8 Å². The van der Waals surface area contributed by atoms with E-state index < -0.39 is 0 Å². The summed E-state index contributed by atoms with van der Waals surface area (Å²) in [5, 5.41) is 12.5. The van der Waals surface area contributed by atoms with Gasteiger partial charge in [0.15, 0.2) is 5.15 Å². The van der Waals surface area contributed by atoms with Crippen molar-refractivity contribution < 1.29 is 9.90 Å². The zero-order chi connectivity index (χ0) is 13.0. The van der Waals surface area contributed by atoms with Gasteiger partial charge in [0, 0.05) is 12.7 Å². The zero-order valence-electron chi connectivity index (χ0n) is 9.97. The fraction of sp³-hybridized carbons (Fsp3) is 0.500. The second-order valence-corrected chi connectivity index (χ2v) is 4.78. The van der Waals surface area contributed by atoms with Crippen molar-refractivity contribution in [3.63, 3.8) is 0 Å². The summed E-state index contributed by atoms with van der Waals surface area (Å²) in [5.41, 5.74) is 0.515. The average Bonchev–Trinajstić information content (AvgIpc) is 2.32. The summed E-state index contributed by atoms with van der Waals surface area (Å²) >= 11 is 5.85. The fourth-order valence-electron chi connectivity index (χ4n) is 2.05. The molecule has 0 bridgehead atoms. The molecular weight excluding hydrogens is 254 g/mol. The van der Waals surface area contributed by atoms with Gasteiger partial charge in [-0.25, -0.2) is 4.98 Å². The maximum atomic E-state index is 11.8. The average molecular weight is 270 g/mol. The zero-order valence-corrected chi connectivity index (χ0v) is 10.7. The number of aliphatic hydroxyl groups is 1. The van der Waals surface area contributed by atoms with Crippen molar-refractivity contribution in [3.05, 3.63) is 23.5 Å². The molecule has 1 aliphatic rings. The molecule has 1 atom stereocenters. The topological polar surface area (TPSA) is 65.5 Å². The standard InChI is InChI=1S/C12H16ClN3O2/c13-12-10(4-1-5-14-12)15-11(18)8-16-6-2-3-9(17)7-16/h1,4-5,9,17H,2-3,6-8H2,(H,15,18)/t9-/m0/s1. The van der Waals surface area contributed by atoms with Gasteiger partial charge in [-0.3, -0.25) is 9.69 Å². The van der Waals surface area contributed by atoms with Crippen LogP contribution in [0.25, 0.3) is 0 Å². The Balaban J connectivity index is 1.87. The number of rotatable bonds is 3. The normalized spacial score (nSPS) is 20.7. The number of aromatic nitrogens is 1. The molecule has 1 saturated heterocycles. The van der Waals surface area contributed by atoms with E-state index in [1.54, 1.807) is 18.3 Å². The summed E-state index contributed by atoms with van der Waals surface area (Å²) in [7, 11) is 0. The van der Waals surface area contributed by atoms with E-state index in [0.717, 1.165) is 19.4 Å². The largest absolute Gasteiger partial charge is 0.392 e. The monoisotopic (exact) mass is 269 g/mol. The van der Waals surface area contributed by atoms with E-state index in [1.807, 2.05) is 4.90 Å². The highest BCUT2D eigenvalue weighted by Crippen LogP contribution is 2.17. The van der Waals surface area contributed by atoms with Crippen LogP contribution in [-0.4, -0.2) is 46.6 Å². The van der Waals surface area contributed by atoms with Crippen LogP contribution in [0.2, 0.25) is 5.15 Å². The highest BCUT2D eigenvalue weighted by molar-refractivity contribution is 6.32. The number of carbonyl (C=O) groups excluding carboxylic acids is 1. The molecule has 0 unspecified atom stereocenters. The SMILES string of the molecule is O=C(CN1CCC[C@H](O)C1)Nc1cccnc1Cl. The van der Waals surface area contributed by atoms with E-state index in [4.69, 9.17) is 11.6 Å². The molecule has 1 aromatic rings. The van der Waals surface area contributed by atoms with Crippen molar-refractivity contribution in [2.24, 2.45) is 0 Å². The smallest absolute Gasteiger partial charge is 0.238 e. The van der Waals surface area contributed by atoms with Gasteiger partial charge in [0.05, 0.1) is 18.3 Å². The van der Waals surface area contributed by atoms with Crippen molar-refractivity contribution in [2.45, 2.75) is 18.9 Å². The molecule has 0 spiro atoms. The Morgan fingerprint density at radius 3 is 3.22 bits per heavy atom. The number of hydrogen-bond acceptors (Lipinski definition) is 4. The highest BCUT2D eigenvalue weighted by atomic mass is 35.5. The van der Waals surface area contributed by atoms with Gasteiger partial charge in [-0.1, -0.05) is 11.6 Å². The minimum Gasteiger partial charge on any atom is -0.392 e. The number of hydrogen-bond donors (Lipinski definition) is 2. The number of amides is 1. The molecule has 1 fully saturated rings. The van der Waals surface area contributed by atoms with E-state index in [-0.39, 0.29) is 23.7 Å². The number of piperidine rings is 1. The Kier molecular flexibility index (Phi) is 4.52. The summed E-state index contributed by atoms with van der Waals surface area (Å²) in [4.78, 5) is 17.6. The summed E-state index contributed by atoms with van der Waals surface area (Å²) in [6.45, 7) is 1.65. The van der Waals surface area contributed by atoms with Gasteiger partial charge in [-0.2, -0.15) is 0 Å². The van der Waals surface area contributed by atoms with Crippen LogP contribution >= 0.6 is 11.6 Å². The van der Waals surface area contributed by atoms with Crippen molar-refractivity contribution in [2.75, 3.05) is 25.0 Å². The van der Waals surface area contributed by atoms with E-state index in [0.29, 0.717) is 12.2 Å². The molecule has 98 valence electrons. The fourth-order valence-corrected chi connectivity index (χ4v) is 2.21. The minimum atomic E-state index is -0.325. The summed E-state index contributed by atoms with van der Waals surface area (Å²) < 4.78 is 0. The van der Waals surface area contributed by atoms with Crippen molar-refractivity contribution in [1.82, 2.24) is 9.88 Å². The van der Waals surface area contributed by atoms with Crippen LogP contribution < -0.4 is 5.32 Å². The second kappa shape index (κ2) is 6.13. The summed E-state index contributed by atoms with van der Waals surface area (Å²) in [6.07, 6.45) is 2.97. The number of likely N-dealkylation sites (tertiary alicyclic amines) is 1. The number of nitrogens with zero attached hydrogens (tertiary/aromatic N) is 2. The number of nitrogens with one attached hydrogen (secondary N) is 1. The van der Waals surface area contributed by atoms with Crippen molar-refractivity contribution >= 4 is 23.2 Å². The molecule has 0 radical (unpaired) electrons. The maximum Gasteiger partial charge on any atom is 0.238 e. The molecule has 6 heteroatoms. The maximum absolute atomic E-state index is 11.8. The number of pyridine rings is 1. The van der Waals surface area contributed by atoms with Gasteiger partial charge in [-0.15, -0.1) is 0 Å². The number of halogens is 1. The molecule has 18 heavy (non-hydrogen) atoms. The predicted octanol–water partition coefficient (Wildman–Crippen LogP) is 1.13. The van der Waals surface area contributed by atoms with Gasteiger partial charge in [0.2, 0.25) is 5.91 Å². The molecule has 0 aromatic carbocycles. The van der Waals surface area contributed by atoms with Crippen LogP contribution in [-0.2, 0) is 4.79 Å². The van der Waals surface area contributed by atoms with Crippen LogP contribution in [0.15, 0.2) is 18.3 Å². The molecule has 1 amide bonds. The van der Waals surface area contributed by atoms with E-state index >= 15 is 0 Å². The van der Waals surface area contributed by atoms with Gasteiger partial charge in [0.1, 0.15) is 0 Å². The lowest BCUT2D eigenvalue weighted by molar-refractivity contribution is -0.118. The minimum absolute atomic E-state index is 0.140. The number of anilines is 1. The first-order valence-electron chi connectivity index (χ1n) is 5.96. The lowest BCUT2D eigenvalue weighted by atomic mass is 10.1. The second-order valence-electron chi connectivity index (χ2n) is 4.42. The number of β-amino-alcohol motifs (C(OH)–C–C–N with tert-alkyl or cyclic N) is 1. The molecule has 0 aliphatic carbocycles. The predicted molar refractivity (Wildman–Crippen MR) is 69.6 cm³/mol. The van der Waals surface area contributed by atoms with Crippen molar-refractivity contribution in [1.29, 1.82) is 0 Å². The number of aliphatic hydroxyl groups excluding tert-OH is 1. The third-order valence-electron chi connectivity index (χ3n) is 2.88. The van der Waals surface area contributed by atoms with Crippen LogP contribution in [0.4, 0.5) is 5.69 Å². The van der Waals surface area contributed by atoms with Gasteiger partial charge in [-0.05, 0) is 31.5 Å². The Morgan fingerprint density at radius 2 is 2.50 bits per heavy atom. The molecule has 5 nitrogen and oxygen atoms in total. The molecule has 2 heterocycles. The van der Waals surface area contributed by atoms with Gasteiger partial charge in [0.25, 0.3) is 0 Å². The Hall–Kier alpha value is -1.17. The lowest BCUT2D eigenvalue weighted by Gasteiger charge is -2.29. The first kappa shape index (κ1) is 13.3. The molecule has 0 saturated carbocycles. The van der Waals surface area contributed by atoms with Crippen LogP contribution in [0, 0.1) is 0 Å². The van der Waals surface area contributed by atoms with E-state index in [1.165, 1.54) is 0 Å². The quantitative estimate of drug-likeness (QED) is 0.808. The molecule has 2 rings (SSSR count). The Bertz CT molecular complexity index is 428. The van der Waals surface area contributed by atoms with E-state index in [2.05, 4.69) is 10.3 Å². The molecular formula is C12H16ClN3O2. The van der Waals surface area contributed by atoms with Crippen LogP contribution in [0.5, 0.6) is 0 Å². The molecule has 1 aliphatic heterocycles. The third kappa shape index (κ3) is 3.66. The number of carbonyl (C=O) groups is 1. The van der Waals surface area contributed by atoms with Crippen LogP contribution in [0.3, 0.4) is 0 Å². The van der Waals surface area contributed by atoms with Crippen molar-refractivity contribution in [3.8, 4) is 0 Å². The Labute approximate surface area is 111 Å². The summed E-state index contributed by atoms with van der Waals surface area (Å²) in [6, 6.07) is 3.42. The summed E-state index contributed by atoms with van der Waals surface area (Å²) in [5.74, 6) is -0.140. The third-order valence-corrected chi connectivity index (χ3v) is 3.18. The first-order valence-corrected chi connectivity index (χ1v) is 6.34. The first-order chi connectivity index (χ1) is 8.65. The molecule has 1 aromatic heterocycles. The van der Waals surface area contributed by atoms with Gasteiger partial charge < -0.3 is 10.4 Å². The highest BCUT2D eigenvalue weighted by Gasteiger charge is 2.19. The Morgan fingerprint density at radius 1 is 1.67 bits per heavy atom. The van der Waals surface area contributed by atoms with E-state index in [9.17, 15) is 9.90 Å². The lowest BCUT2D eigenvalue weighted by Crippen LogP contribution is -2.42.